The molecule has 0 saturated heterocycles. The minimum Gasteiger partial charge on any atom is -0.485 e. The maximum atomic E-state index is 6.75. The van der Waals surface area contributed by atoms with E-state index in [0.29, 0.717) is 17.5 Å². The Labute approximate surface area is 330 Å². The van der Waals surface area contributed by atoms with E-state index in [0.717, 1.165) is 66.7 Å². The van der Waals surface area contributed by atoms with Gasteiger partial charge in [0.25, 0.3) is 0 Å². The summed E-state index contributed by atoms with van der Waals surface area (Å²) in [5, 5.41) is 3.40. The van der Waals surface area contributed by atoms with Crippen LogP contribution in [0.1, 0.15) is 11.5 Å². The molecule has 0 fully saturated rings. The molecule has 2 aromatic heterocycles. The summed E-state index contributed by atoms with van der Waals surface area (Å²) in [5.41, 5.74) is 11.6. The van der Waals surface area contributed by atoms with E-state index in [1.54, 1.807) is 0 Å². The van der Waals surface area contributed by atoms with Crippen LogP contribution in [0.15, 0.2) is 194 Å². The third-order valence-corrected chi connectivity index (χ3v) is 11.0. The summed E-state index contributed by atoms with van der Waals surface area (Å²) in [6, 6.07) is 58.8. The molecule has 3 heterocycles. The zero-order valence-corrected chi connectivity index (χ0v) is 30.8. The van der Waals surface area contributed by atoms with Crippen molar-refractivity contribution in [2.24, 2.45) is 0 Å². The van der Waals surface area contributed by atoms with Crippen LogP contribution < -0.4 is 4.74 Å². The van der Waals surface area contributed by atoms with Gasteiger partial charge in [0, 0.05) is 49.9 Å². The Bertz CT molecular complexity index is 2970. The molecule has 268 valence electrons. The summed E-state index contributed by atoms with van der Waals surface area (Å²) in [5.74, 6) is 2.93. The number of hydrogen-bond donors (Lipinski definition) is 0. The monoisotopic (exact) mass is 730 g/mol. The van der Waals surface area contributed by atoms with Crippen molar-refractivity contribution >= 4 is 21.7 Å². The van der Waals surface area contributed by atoms with Gasteiger partial charge < -0.3 is 4.74 Å². The van der Waals surface area contributed by atoms with Crippen LogP contribution in [0.2, 0.25) is 0 Å². The molecule has 0 spiro atoms. The molecule has 2 unspecified atom stereocenters. The van der Waals surface area contributed by atoms with Gasteiger partial charge in [-0.25, -0.2) is 19.9 Å². The minimum absolute atomic E-state index is 0.0593. The third kappa shape index (κ3) is 5.80. The Kier molecular flexibility index (Phi) is 7.88. The quantitative estimate of drug-likeness (QED) is 0.159. The first-order valence-corrected chi connectivity index (χ1v) is 19.3. The zero-order valence-electron chi connectivity index (χ0n) is 30.8. The van der Waals surface area contributed by atoms with Crippen molar-refractivity contribution in [3.05, 3.63) is 200 Å². The van der Waals surface area contributed by atoms with Crippen molar-refractivity contribution in [1.82, 2.24) is 19.9 Å². The predicted octanol–water partition coefficient (Wildman–Crippen LogP) is 12.5. The number of fused-ring (bicyclic) bond motifs is 6. The lowest BCUT2D eigenvalue weighted by atomic mass is 9.82. The van der Waals surface area contributed by atoms with Gasteiger partial charge in [0.1, 0.15) is 11.9 Å². The van der Waals surface area contributed by atoms with E-state index in [9.17, 15) is 0 Å². The second-order valence-corrected chi connectivity index (χ2v) is 14.5. The highest BCUT2D eigenvalue weighted by Gasteiger charge is 2.36. The molecular formula is C52H34N4O. The van der Waals surface area contributed by atoms with Crippen molar-refractivity contribution in [2.45, 2.75) is 12.0 Å². The van der Waals surface area contributed by atoms with Crippen LogP contribution in [0.25, 0.3) is 89.4 Å². The first-order valence-electron chi connectivity index (χ1n) is 19.3. The highest BCUT2D eigenvalue weighted by molar-refractivity contribution is 6.18. The molecule has 11 rings (SSSR count). The predicted molar refractivity (Wildman–Crippen MR) is 231 cm³/mol. The SMILES string of the molecule is C1=CC2Oc3cc4c(-c5ccccc5)nc5ccccc5c4c(-c4cccc(-c5ccc(-c6nc(-c7ccccc7)nc(-c7ccccc7)n6)cc5)c4)c3C2C=C1. The molecule has 1 aliphatic carbocycles. The first-order chi connectivity index (χ1) is 28.2. The number of rotatable bonds is 6. The number of benzene rings is 7. The number of nitrogens with zero attached hydrogens (tertiary/aromatic N) is 4. The fourth-order valence-corrected chi connectivity index (χ4v) is 8.36. The van der Waals surface area contributed by atoms with Gasteiger partial charge in [-0.1, -0.05) is 170 Å². The smallest absolute Gasteiger partial charge is 0.164 e. The van der Waals surface area contributed by atoms with Crippen molar-refractivity contribution < 1.29 is 4.74 Å². The van der Waals surface area contributed by atoms with E-state index >= 15 is 0 Å². The Morgan fingerprint density at radius 3 is 1.63 bits per heavy atom. The van der Waals surface area contributed by atoms with Gasteiger partial charge in [-0.3, -0.25) is 0 Å². The molecule has 2 atom stereocenters. The van der Waals surface area contributed by atoms with Gasteiger partial charge in [-0.05, 0) is 46.5 Å². The molecule has 0 radical (unpaired) electrons. The molecule has 7 aromatic carbocycles. The molecular weight excluding hydrogens is 697 g/mol. The molecule has 0 N–H and O–H groups in total. The number of ether oxygens (including phenoxy) is 1. The number of hydrogen-bond acceptors (Lipinski definition) is 5. The lowest BCUT2D eigenvalue weighted by Crippen LogP contribution is -2.15. The number of allylic oxidation sites excluding steroid dienone is 2. The maximum Gasteiger partial charge on any atom is 0.164 e. The van der Waals surface area contributed by atoms with Crippen LogP contribution in [0.4, 0.5) is 0 Å². The summed E-state index contributed by atoms with van der Waals surface area (Å²) < 4.78 is 6.75. The van der Waals surface area contributed by atoms with Crippen LogP contribution in [0, 0.1) is 0 Å². The van der Waals surface area contributed by atoms with E-state index in [1.807, 2.05) is 66.7 Å². The Morgan fingerprint density at radius 2 is 0.947 bits per heavy atom. The Balaban J connectivity index is 1.06. The molecule has 0 bridgehead atoms. The molecule has 9 aromatic rings. The van der Waals surface area contributed by atoms with Crippen molar-refractivity contribution in [3.63, 3.8) is 0 Å². The van der Waals surface area contributed by atoms with Crippen LogP contribution in [0.5, 0.6) is 5.75 Å². The Hall–Kier alpha value is -7.50. The largest absolute Gasteiger partial charge is 0.485 e. The lowest BCUT2D eigenvalue weighted by molar-refractivity contribution is 0.269. The lowest BCUT2D eigenvalue weighted by Gasteiger charge is -2.20. The third-order valence-electron chi connectivity index (χ3n) is 11.0. The molecule has 1 aliphatic heterocycles. The topological polar surface area (TPSA) is 60.8 Å². The van der Waals surface area contributed by atoms with E-state index in [4.69, 9.17) is 24.7 Å². The summed E-state index contributed by atoms with van der Waals surface area (Å²) in [6.07, 6.45) is 8.62. The minimum atomic E-state index is -0.0593. The second-order valence-electron chi connectivity index (χ2n) is 14.5. The van der Waals surface area contributed by atoms with Gasteiger partial charge in [-0.2, -0.15) is 0 Å². The van der Waals surface area contributed by atoms with Crippen LogP contribution in [0.3, 0.4) is 0 Å². The highest BCUT2D eigenvalue weighted by Crippen LogP contribution is 2.52. The average Bonchev–Trinajstić information content (AvgIpc) is 3.67. The van der Waals surface area contributed by atoms with Crippen LogP contribution in [-0.4, -0.2) is 26.0 Å². The van der Waals surface area contributed by atoms with Crippen molar-refractivity contribution in [3.8, 4) is 73.4 Å². The average molecular weight is 731 g/mol. The molecule has 2 aliphatic rings. The fourth-order valence-electron chi connectivity index (χ4n) is 8.36. The molecule has 57 heavy (non-hydrogen) atoms. The normalized spacial score (nSPS) is 15.4. The van der Waals surface area contributed by atoms with E-state index < -0.39 is 0 Å². The summed E-state index contributed by atoms with van der Waals surface area (Å²) in [6.45, 7) is 0. The Morgan fingerprint density at radius 1 is 0.404 bits per heavy atom. The van der Waals surface area contributed by atoms with Gasteiger partial charge >= 0.3 is 0 Å². The van der Waals surface area contributed by atoms with Gasteiger partial charge in [0.15, 0.2) is 17.5 Å². The number of aromatic nitrogens is 4. The molecule has 0 amide bonds. The van der Waals surface area contributed by atoms with Gasteiger partial charge in [0.05, 0.1) is 11.2 Å². The number of pyridine rings is 1. The van der Waals surface area contributed by atoms with Crippen LogP contribution in [-0.2, 0) is 0 Å². The van der Waals surface area contributed by atoms with Crippen molar-refractivity contribution in [2.75, 3.05) is 0 Å². The van der Waals surface area contributed by atoms with E-state index in [2.05, 4.69) is 127 Å². The zero-order chi connectivity index (χ0) is 37.7. The maximum absolute atomic E-state index is 6.75. The van der Waals surface area contributed by atoms with Gasteiger partial charge in [0.2, 0.25) is 0 Å². The fraction of sp³-hybridized carbons (Fsp3) is 0.0385. The van der Waals surface area contributed by atoms with Gasteiger partial charge in [-0.15, -0.1) is 0 Å². The standard InChI is InChI=1S/C52H34N4O/c1-4-15-34(16-5-1)49-42-32-45-48(41-24-11-13-26-44(41)57-45)46(47(42)40-23-10-12-25-43(40)53-49)39-22-14-21-38(31-39)33-27-29-37(30-28-33)52-55-50(35-17-6-2-7-18-35)54-51(56-52)36-19-8-3-9-20-36/h1-32,41,44H. The van der Waals surface area contributed by atoms with Crippen molar-refractivity contribution in [1.29, 1.82) is 0 Å². The molecule has 0 saturated carbocycles. The van der Waals surface area contributed by atoms with E-state index in [1.165, 1.54) is 16.5 Å². The summed E-state index contributed by atoms with van der Waals surface area (Å²) in [4.78, 5) is 20.1. The second kappa shape index (κ2) is 13.7. The molecule has 5 heteroatoms. The first kappa shape index (κ1) is 32.9. The van der Waals surface area contributed by atoms with Crippen LogP contribution >= 0.6 is 0 Å². The number of para-hydroxylation sites is 1. The summed E-state index contributed by atoms with van der Waals surface area (Å²) >= 11 is 0. The summed E-state index contributed by atoms with van der Waals surface area (Å²) in [7, 11) is 0. The highest BCUT2D eigenvalue weighted by atomic mass is 16.5. The van der Waals surface area contributed by atoms with E-state index in [-0.39, 0.29) is 12.0 Å². The molecule has 5 nitrogen and oxygen atoms in total.